The molecule has 0 unspecified atom stereocenters. The number of esters is 1. The third-order valence-corrected chi connectivity index (χ3v) is 8.55. The van der Waals surface area contributed by atoms with Gasteiger partial charge in [-0.05, 0) is 45.9 Å². The van der Waals surface area contributed by atoms with E-state index >= 15 is 0 Å². The molecule has 0 saturated carbocycles. The monoisotopic (exact) mass is 613 g/mol. The molecule has 2 rings (SSSR count). The third kappa shape index (κ3) is 9.98. The Morgan fingerprint density at radius 2 is 1.79 bits per heavy atom. The van der Waals surface area contributed by atoms with Crippen LogP contribution in [0.25, 0.3) is 0 Å². The third-order valence-electron chi connectivity index (χ3n) is 8.55. The molecule has 2 aliphatic heterocycles. The number of aliphatic hydroxyl groups excluding tert-OH is 4. The molecule has 12 atom stereocenters. The summed E-state index contributed by atoms with van der Waals surface area (Å²) in [4.78, 5) is 39.6. The minimum atomic E-state index is -1.45. The quantitative estimate of drug-likeness (QED) is 0.226. The summed E-state index contributed by atoms with van der Waals surface area (Å²) in [7, 11) is 4.80. The van der Waals surface area contributed by atoms with E-state index in [1.807, 2.05) is 6.92 Å². The van der Waals surface area contributed by atoms with Gasteiger partial charge in [0, 0.05) is 31.3 Å². The molecule has 246 valence electrons. The largest absolute Gasteiger partial charge is 0.462 e. The first-order valence-electron chi connectivity index (χ1n) is 15.0. The van der Waals surface area contributed by atoms with Crippen LogP contribution in [0.1, 0.15) is 53.4 Å². The summed E-state index contributed by atoms with van der Waals surface area (Å²) in [6.07, 6.45) is -2.28. The molecule has 2 aliphatic rings. The number of ketones is 1. The fourth-order valence-corrected chi connectivity index (χ4v) is 5.98. The minimum absolute atomic E-state index is 0.0360. The summed E-state index contributed by atoms with van der Waals surface area (Å²) in [6.45, 7) is 6.68. The lowest BCUT2D eigenvalue weighted by atomic mass is 9.79. The molecule has 0 aromatic rings. The highest BCUT2D eigenvalue weighted by atomic mass is 16.8. The predicted octanol–water partition coefficient (Wildman–Crippen LogP) is 0.986. The van der Waals surface area contributed by atoms with Crippen molar-refractivity contribution >= 4 is 18.0 Å². The van der Waals surface area contributed by atoms with Crippen LogP contribution in [0.5, 0.6) is 0 Å². The molecule has 0 bridgehead atoms. The van der Waals surface area contributed by atoms with Crippen molar-refractivity contribution in [3.05, 3.63) is 23.8 Å². The Kier molecular flexibility index (Phi) is 15.1. The summed E-state index contributed by atoms with van der Waals surface area (Å²) >= 11 is 0. The highest BCUT2D eigenvalue weighted by Crippen LogP contribution is 2.34. The second-order valence-electron chi connectivity index (χ2n) is 12.0. The van der Waals surface area contributed by atoms with E-state index in [4.69, 9.17) is 18.9 Å². The van der Waals surface area contributed by atoms with E-state index in [1.54, 1.807) is 51.9 Å². The van der Waals surface area contributed by atoms with Crippen LogP contribution in [0.15, 0.2) is 23.8 Å². The molecule has 12 heteroatoms. The summed E-state index contributed by atoms with van der Waals surface area (Å²) in [5, 5.41) is 43.1. The van der Waals surface area contributed by atoms with Crippen LogP contribution >= 0.6 is 0 Å². The maximum atomic E-state index is 13.1. The molecule has 43 heavy (non-hydrogen) atoms. The molecule has 0 aromatic carbocycles. The van der Waals surface area contributed by atoms with Crippen LogP contribution in [0.4, 0.5) is 0 Å². The normalized spacial score (nSPS) is 40.9. The molecule has 2 heterocycles. The second-order valence-corrected chi connectivity index (χ2v) is 12.0. The number of allylic oxidation sites excluding steroid dienone is 3. The zero-order valence-corrected chi connectivity index (χ0v) is 26.4. The first kappa shape index (κ1) is 37.2. The topological polar surface area (TPSA) is 172 Å². The van der Waals surface area contributed by atoms with Crippen LogP contribution in [0.3, 0.4) is 0 Å². The Balaban J connectivity index is 2.52. The standard InChI is InChI=1S/C31H51NO11/c1-8-24-21(16-34)13-17(2)9-10-22(35)18(3)14-20(11-12-33)28(19(4)23(36)15-25(37)41-24)42-31-27(38)26(32(5)6)29(40-7)30(39)43-31/h9-10,12-13,18-21,23-24,26-31,34,36,38-39H,8,11,14-16H2,1-7H3/b10-9+,17-13+/t18-,19+,20+,21-,23-,24-,26-,27-,28-,29+,30+,31-/m1/s1. The van der Waals surface area contributed by atoms with Crippen LogP contribution in [0.2, 0.25) is 0 Å². The van der Waals surface area contributed by atoms with Gasteiger partial charge in [-0.2, -0.15) is 0 Å². The van der Waals surface area contributed by atoms with Gasteiger partial charge in [-0.15, -0.1) is 0 Å². The van der Waals surface area contributed by atoms with Crippen LogP contribution in [-0.4, -0.2) is 120 Å². The maximum Gasteiger partial charge on any atom is 0.308 e. The Labute approximate surface area is 254 Å². The van der Waals surface area contributed by atoms with E-state index in [1.165, 1.54) is 13.2 Å². The van der Waals surface area contributed by atoms with Gasteiger partial charge in [0.15, 0.2) is 18.4 Å². The van der Waals surface area contributed by atoms with Crippen molar-refractivity contribution in [1.82, 2.24) is 4.90 Å². The van der Waals surface area contributed by atoms with Gasteiger partial charge in [-0.1, -0.05) is 38.5 Å². The fraction of sp³-hybridized carbons (Fsp3) is 0.774. The Bertz CT molecular complexity index is 969. The molecule has 1 saturated heterocycles. The molecule has 0 radical (unpaired) electrons. The zero-order valence-electron chi connectivity index (χ0n) is 26.4. The summed E-state index contributed by atoms with van der Waals surface area (Å²) < 4.78 is 22.9. The molecular formula is C31H51NO11. The number of methoxy groups -OCH3 is 1. The highest BCUT2D eigenvalue weighted by molar-refractivity contribution is 5.91. The summed E-state index contributed by atoms with van der Waals surface area (Å²) in [5.41, 5.74) is 0.701. The first-order chi connectivity index (χ1) is 20.3. The Morgan fingerprint density at radius 3 is 2.35 bits per heavy atom. The van der Waals surface area contributed by atoms with E-state index in [9.17, 15) is 34.8 Å². The molecule has 0 aromatic heterocycles. The second kappa shape index (κ2) is 17.5. The molecule has 0 amide bonds. The number of carbonyl (C=O) groups excluding carboxylic acids is 3. The van der Waals surface area contributed by atoms with Gasteiger partial charge in [-0.3, -0.25) is 9.59 Å². The lowest BCUT2D eigenvalue weighted by Gasteiger charge is -2.46. The van der Waals surface area contributed by atoms with E-state index in [0.29, 0.717) is 18.3 Å². The average molecular weight is 614 g/mol. The first-order valence-corrected chi connectivity index (χ1v) is 15.0. The zero-order chi connectivity index (χ0) is 32.4. The maximum absolute atomic E-state index is 13.1. The number of hydrogen-bond acceptors (Lipinski definition) is 12. The van der Waals surface area contributed by atoms with Crippen molar-refractivity contribution in [3.8, 4) is 0 Å². The molecule has 0 aliphatic carbocycles. The number of likely N-dealkylation sites (N-methyl/N-ethyl adjacent to an activating group) is 1. The van der Waals surface area contributed by atoms with Gasteiger partial charge in [-0.25, -0.2) is 0 Å². The van der Waals surface area contributed by atoms with Crippen LogP contribution in [0, 0.1) is 23.7 Å². The number of rotatable bonds is 8. The van der Waals surface area contributed by atoms with Crippen molar-refractivity contribution in [1.29, 1.82) is 0 Å². The van der Waals surface area contributed by atoms with E-state index in [2.05, 4.69) is 0 Å². The Hall–Kier alpha value is -2.03. The molecular weight excluding hydrogens is 562 g/mol. The number of aldehydes is 1. The van der Waals surface area contributed by atoms with Gasteiger partial charge in [0.05, 0.1) is 31.3 Å². The lowest BCUT2D eigenvalue weighted by molar-refractivity contribution is -0.348. The van der Waals surface area contributed by atoms with Crippen molar-refractivity contribution in [2.24, 2.45) is 23.7 Å². The SMILES string of the molecule is CC[C@H]1OC(=O)C[C@@H](O)[C@H](C)[C@@H](O[C@@H]2O[C@H](O)[C@@H](OC)[C@H](N(C)C)[C@H]2O)[C@@H](CC=O)C[C@@H](C)C(=O)/C=C/C(C)=C/[C@@H]1CO. The number of carbonyl (C=O) groups is 3. The molecule has 12 nitrogen and oxygen atoms in total. The van der Waals surface area contributed by atoms with Crippen molar-refractivity contribution in [2.75, 3.05) is 27.8 Å². The smallest absolute Gasteiger partial charge is 0.308 e. The molecule has 1 fully saturated rings. The van der Waals surface area contributed by atoms with Crippen LogP contribution < -0.4 is 0 Å². The Morgan fingerprint density at radius 1 is 1.12 bits per heavy atom. The predicted molar refractivity (Wildman–Crippen MR) is 156 cm³/mol. The number of nitrogens with zero attached hydrogens (tertiary/aromatic N) is 1. The highest BCUT2D eigenvalue weighted by Gasteiger charge is 2.49. The summed E-state index contributed by atoms with van der Waals surface area (Å²) in [6, 6.07) is -0.725. The van der Waals surface area contributed by atoms with Gasteiger partial charge >= 0.3 is 5.97 Å². The average Bonchev–Trinajstić information content (AvgIpc) is 2.96. The van der Waals surface area contributed by atoms with Gasteiger partial charge in [0.25, 0.3) is 0 Å². The molecule has 4 N–H and O–H groups in total. The fourth-order valence-electron chi connectivity index (χ4n) is 5.98. The van der Waals surface area contributed by atoms with Gasteiger partial charge in [0.2, 0.25) is 0 Å². The number of ether oxygens (including phenoxy) is 4. The lowest BCUT2D eigenvalue weighted by Crippen LogP contribution is -2.64. The van der Waals surface area contributed by atoms with Gasteiger partial charge in [0.1, 0.15) is 24.6 Å². The number of cyclic esters (lactones) is 1. The number of hydrogen-bond donors (Lipinski definition) is 4. The van der Waals surface area contributed by atoms with E-state index < -0.39 is 85.2 Å². The molecule has 0 spiro atoms. The van der Waals surface area contributed by atoms with E-state index in [0.717, 1.165) is 0 Å². The van der Waals surface area contributed by atoms with Crippen molar-refractivity contribution in [3.63, 3.8) is 0 Å². The number of aliphatic hydroxyl groups is 4. The van der Waals surface area contributed by atoms with Crippen molar-refractivity contribution in [2.45, 2.75) is 103 Å². The summed E-state index contributed by atoms with van der Waals surface area (Å²) in [5.74, 6) is -3.35. The minimum Gasteiger partial charge on any atom is -0.462 e. The van der Waals surface area contributed by atoms with Crippen molar-refractivity contribution < 1.29 is 53.8 Å². The van der Waals surface area contributed by atoms with Crippen LogP contribution in [-0.2, 0) is 33.3 Å². The van der Waals surface area contributed by atoms with Gasteiger partial charge < -0.3 is 49.1 Å². The van der Waals surface area contributed by atoms with E-state index in [-0.39, 0.29) is 25.2 Å².